The molecule has 0 aliphatic carbocycles. The third-order valence-electron chi connectivity index (χ3n) is 5.56. The highest BCUT2D eigenvalue weighted by Gasteiger charge is 2.31. The average Bonchev–Trinajstić information content (AvgIpc) is 3.00. The lowest BCUT2D eigenvalue weighted by Crippen LogP contribution is -2.51. The molecule has 0 unspecified atom stereocenters. The first-order valence-electron chi connectivity index (χ1n) is 10.0. The third kappa shape index (κ3) is 4.24. The van der Waals surface area contributed by atoms with Crippen molar-refractivity contribution < 1.29 is 13.2 Å². The van der Waals surface area contributed by atoms with Gasteiger partial charge in [0.05, 0.1) is 6.54 Å². The van der Waals surface area contributed by atoms with Crippen LogP contribution in [0.15, 0.2) is 57.8 Å². The van der Waals surface area contributed by atoms with Crippen molar-refractivity contribution in [2.75, 3.05) is 39.8 Å². The predicted molar refractivity (Wildman–Crippen MR) is 116 cm³/mol. The van der Waals surface area contributed by atoms with Gasteiger partial charge in [0.15, 0.2) is 5.84 Å². The van der Waals surface area contributed by atoms with Crippen LogP contribution in [0.4, 0.5) is 0 Å². The summed E-state index contributed by atoms with van der Waals surface area (Å²) in [6.45, 7) is 6.05. The highest BCUT2D eigenvalue weighted by Crippen LogP contribution is 2.26. The normalized spacial score (nSPS) is 18.1. The topological polar surface area (TPSA) is 73.3 Å². The number of hydrogen-bond acceptors (Lipinski definition) is 5. The van der Waals surface area contributed by atoms with Crippen LogP contribution < -0.4 is 0 Å². The first-order valence-corrected chi connectivity index (χ1v) is 11.5. The van der Waals surface area contributed by atoms with Crippen LogP contribution >= 0.6 is 0 Å². The molecule has 7 nitrogen and oxygen atoms in total. The van der Waals surface area contributed by atoms with E-state index in [4.69, 9.17) is 0 Å². The van der Waals surface area contributed by atoms with E-state index in [1.165, 1.54) is 11.1 Å². The standard InChI is InChI=1S/C22H26N4O3S/c1-17-6-5-7-18(14-17)15-25-10-12-26(13-11-25)21(27)16-24(2)22-19-8-3-4-9-20(19)30(28,29)23-22/h3-9,14H,10-13,15-16H2,1-2H3. The van der Waals surface area contributed by atoms with Crippen LogP contribution in [-0.4, -0.2) is 74.6 Å². The second kappa shape index (κ2) is 8.20. The van der Waals surface area contributed by atoms with Crippen molar-refractivity contribution in [2.24, 2.45) is 4.40 Å². The molecule has 0 aromatic heterocycles. The number of rotatable bonds is 4. The van der Waals surface area contributed by atoms with Crippen LogP contribution in [0.1, 0.15) is 16.7 Å². The number of amidine groups is 1. The predicted octanol–water partition coefficient (Wildman–Crippen LogP) is 1.72. The van der Waals surface area contributed by atoms with Gasteiger partial charge in [-0.15, -0.1) is 4.40 Å². The number of hydrogen-bond donors (Lipinski definition) is 0. The van der Waals surface area contributed by atoms with E-state index in [-0.39, 0.29) is 17.3 Å². The van der Waals surface area contributed by atoms with Gasteiger partial charge < -0.3 is 9.80 Å². The molecule has 0 bridgehead atoms. The van der Waals surface area contributed by atoms with Crippen molar-refractivity contribution in [3.63, 3.8) is 0 Å². The monoisotopic (exact) mass is 426 g/mol. The van der Waals surface area contributed by atoms with Gasteiger partial charge in [0.1, 0.15) is 4.90 Å². The highest BCUT2D eigenvalue weighted by atomic mass is 32.2. The zero-order valence-corrected chi connectivity index (χ0v) is 18.1. The number of aryl methyl sites for hydroxylation is 1. The van der Waals surface area contributed by atoms with Gasteiger partial charge in [-0.05, 0) is 24.6 Å². The van der Waals surface area contributed by atoms with Crippen LogP contribution in [-0.2, 0) is 21.4 Å². The van der Waals surface area contributed by atoms with Crippen LogP contribution in [0.3, 0.4) is 0 Å². The summed E-state index contributed by atoms with van der Waals surface area (Å²) in [7, 11) is -1.98. The van der Waals surface area contributed by atoms with Crippen LogP contribution in [0.25, 0.3) is 0 Å². The number of piperazine rings is 1. The fourth-order valence-electron chi connectivity index (χ4n) is 3.97. The highest BCUT2D eigenvalue weighted by molar-refractivity contribution is 7.90. The zero-order chi connectivity index (χ0) is 21.3. The van der Waals surface area contributed by atoms with Gasteiger partial charge in [-0.3, -0.25) is 9.69 Å². The van der Waals surface area contributed by atoms with E-state index in [1.807, 2.05) is 4.90 Å². The molecule has 2 aromatic carbocycles. The van der Waals surface area contributed by atoms with Crippen LogP contribution in [0, 0.1) is 6.92 Å². The molecule has 2 aliphatic rings. The molecule has 1 fully saturated rings. The summed E-state index contributed by atoms with van der Waals surface area (Å²) < 4.78 is 28.4. The van der Waals surface area contributed by atoms with E-state index >= 15 is 0 Å². The molecule has 4 rings (SSSR count). The molecule has 0 radical (unpaired) electrons. The molecule has 8 heteroatoms. The molecule has 158 valence electrons. The maximum Gasteiger partial charge on any atom is 0.285 e. The summed E-state index contributed by atoms with van der Waals surface area (Å²) in [6.07, 6.45) is 0. The molecule has 0 N–H and O–H groups in total. The second-order valence-electron chi connectivity index (χ2n) is 7.89. The number of amides is 1. The fourth-order valence-corrected chi connectivity index (χ4v) is 5.22. The van der Waals surface area contributed by atoms with E-state index in [0.29, 0.717) is 24.5 Å². The van der Waals surface area contributed by atoms with Crippen molar-refractivity contribution in [1.29, 1.82) is 0 Å². The molecular weight excluding hydrogens is 400 g/mol. The number of fused-ring (bicyclic) bond motifs is 1. The van der Waals surface area contributed by atoms with Crippen LogP contribution in [0.2, 0.25) is 0 Å². The molecule has 30 heavy (non-hydrogen) atoms. The van der Waals surface area contributed by atoms with Gasteiger partial charge in [-0.1, -0.05) is 42.0 Å². The van der Waals surface area contributed by atoms with Gasteiger partial charge in [-0.2, -0.15) is 8.42 Å². The Labute approximate surface area is 177 Å². The lowest BCUT2D eigenvalue weighted by atomic mass is 10.1. The van der Waals surface area contributed by atoms with E-state index in [9.17, 15) is 13.2 Å². The minimum absolute atomic E-state index is 0.0165. The Morgan fingerprint density at radius 3 is 2.53 bits per heavy atom. The third-order valence-corrected chi connectivity index (χ3v) is 6.89. The second-order valence-corrected chi connectivity index (χ2v) is 9.46. The Hall–Kier alpha value is -2.71. The molecule has 1 amide bonds. The van der Waals surface area contributed by atoms with Crippen molar-refractivity contribution in [1.82, 2.24) is 14.7 Å². The molecule has 0 saturated carbocycles. The molecule has 2 aromatic rings. The zero-order valence-electron chi connectivity index (χ0n) is 17.3. The van der Waals surface area contributed by atoms with E-state index < -0.39 is 10.0 Å². The van der Waals surface area contributed by atoms with Gasteiger partial charge in [-0.25, -0.2) is 0 Å². The maximum atomic E-state index is 12.8. The molecule has 2 heterocycles. The lowest BCUT2D eigenvalue weighted by Gasteiger charge is -2.35. The summed E-state index contributed by atoms with van der Waals surface area (Å²) >= 11 is 0. The molecule has 2 aliphatic heterocycles. The maximum absolute atomic E-state index is 12.8. The smallest absolute Gasteiger partial charge is 0.285 e. The molecule has 0 spiro atoms. The number of carbonyl (C=O) groups excluding carboxylic acids is 1. The number of sulfonamides is 1. The molecular formula is C22H26N4O3S. The molecule has 1 saturated heterocycles. The Morgan fingerprint density at radius 2 is 1.80 bits per heavy atom. The Morgan fingerprint density at radius 1 is 1.07 bits per heavy atom. The SMILES string of the molecule is Cc1cccc(CN2CCN(C(=O)CN(C)C3=NS(=O)(=O)c4ccccc43)CC2)c1. The summed E-state index contributed by atoms with van der Waals surface area (Å²) in [5.41, 5.74) is 3.09. The minimum atomic E-state index is -3.69. The summed E-state index contributed by atoms with van der Waals surface area (Å²) in [5.74, 6) is 0.314. The van der Waals surface area contributed by atoms with Crippen molar-refractivity contribution >= 4 is 21.8 Å². The number of benzene rings is 2. The number of nitrogens with zero attached hydrogens (tertiary/aromatic N) is 4. The molecule has 0 atom stereocenters. The first kappa shape index (κ1) is 20.6. The lowest BCUT2D eigenvalue weighted by molar-refractivity contribution is -0.133. The minimum Gasteiger partial charge on any atom is -0.349 e. The van der Waals surface area contributed by atoms with Crippen molar-refractivity contribution in [2.45, 2.75) is 18.4 Å². The Balaban J connectivity index is 1.34. The summed E-state index contributed by atoms with van der Waals surface area (Å²) in [4.78, 5) is 18.8. The Kier molecular flexibility index (Phi) is 5.62. The quantitative estimate of drug-likeness (QED) is 0.744. The fraction of sp³-hybridized carbons (Fsp3) is 0.364. The van der Waals surface area contributed by atoms with Crippen molar-refractivity contribution in [3.8, 4) is 0 Å². The van der Waals surface area contributed by atoms with E-state index in [0.717, 1.165) is 19.6 Å². The van der Waals surface area contributed by atoms with Gasteiger partial charge in [0.2, 0.25) is 5.91 Å². The Bertz CT molecular complexity index is 1090. The average molecular weight is 427 g/mol. The van der Waals surface area contributed by atoms with Crippen LogP contribution in [0.5, 0.6) is 0 Å². The summed E-state index contributed by atoms with van der Waals surface area (Å²) in [6, 6.07) is 15.2. The van der Waals surface area contributed by atoms with E-state index in [2.05, 4.69) is 40.5 Å². The van der Waals surface area contributed by atoms with Crippen molar-refractivity contribution in [3.05, 3.63) is 65.2 Å². The van der Waals surface area contributed by atoms with Gasteiger partial charge in [0, 0.05) is 45.3 Å². The largest absolute Gasteiger partial charge is 0.349 e. The van der Waals surface area contributed by atoms with Gasteiger partial charge in [0.25, 0.3) is 10.0 Å². The van der Waals surface area contributed by atoms with Gasteiger partial charge >= 0.3 is 0 Å². The summed E-state index contributed by atoms with van der Waals surface area (Å²) in [5, 5.41) is 0. The first-order chi connectivity index (χ1) is 14.3. The number of likely N-dealkylation sites (N-methyl/N-ethyl adjacent to an activating group) is 1. The van der Waals surface area contributed by atoms with E-state index in [1.54, 1.807) is 36.2 Å². The number of carbonyl (C=O) groups is 1.